The molecule has 2 atom stereocenters. The van der Waals surface area contributed by atoms with Gasteiger partial charge in [-0.3, -0.25) is 0 Å². The van der Waals surface area contributed by atoms with E-state index >= 15 is 0 Å². The summed E-state index contributed by atoms with van der Waals surface area (Å²) < 4.78 is 14.5. The number of hydrogen-bond acceptors (Lipinski definition) is 2. The first-order chi connectivity index (χ1) is 9.51. The topological polar surface area (TPSA) is 43.0 Å². The van der Waals surface area contributed by atoms with Gasteiger partial charge in [-0.15, -0.1) is 0 Å². The van der Waals surface area contributed by atoms with Gasteiger partial charge in [0, 0.05) is 24.0 Å². The van der Waals surface area contributed by atoms with Gasteiger partial charge in [-0.1, -0.05) is 19.1 Å². The number of nitrogens with zero attached hydrogens (tertiary/aromatic N) is 1. The minimum Gasteiger partial charge on any atom is -0.365 e. The Morgan fingerprint density at radius 2 is 2.35 bits per heavy atom. The summed E-state index contributed by atoms with van der Waals surface area (Å²) in [5.74, 6) is 0. The van der Waals surface area contributed by atoms with E-state index in [-0.39, 0.29) is 5.54 Å². The fourth-order valence-electron chi connectivity index (χ4n) is 2.77. The summed E-state index contributed by atoms with van der Waals surface area (Å²) >= 11 is 0. The molecule has 3 nitrogen and oxygen atoms in total. The fraction of sp³-hybridized carbons (Fsp3) is 0.600. The van der Waals surface area contributed by atoms with E-state index in [1.54, 1.807) is 4.48 Å². The first-order valence-corrected chi connectivity index (χ1v) is 7.32. The van der Waals surface area contributed by atoms with Crippen molar-refractivity contribution in [2.45, 2.75) is 51.6 Å². The molecule has 1 aliphatic carbocycles. The minimum atomic E-state index is -0.171. The molecule has 1 radical (unpaired) electrons. The van der Waals surface area contributed by atoms with E-state index < -0.39 is 0 Å². The van der Waals surface area contributed by atoms with Crippen molar-refractivity contribution in [1.82, 2.24) is 9.79 Å². The van der Waals surface area contributed by atoms with E-state index in [1.165, 1.54) is 0 Å². The highest BCUT2D eigenvalue weighted by atomic mass is 19.1. The molecule has 0 aliphatic heterocycles. The Balaban J connectivity index is 1.85. The van der Waals surface area contributed by atoms with E-state index in [1.807, 2.05) is 19.9 Å². The molecule has 0 bridgehead atoms. The average Bonchev–Trinajstić information content (AvgIpc) is 2.97. The van der Waals surface area contributed by atoms with Gasteiger partial charge in [0.05, 0.1) is 5.54 Å². The summed E-state index contributed by atoms with van der Waals surface area (Å²) in [6.45, 7) is 6.87. The number of nitrogens with two attached hydrogens (primary N) is 1. The van der Waals surface area contributed by atoms with Crippen molar-refractivity contribution in [2.24, 2.45) is 5.73 Å². The smallest absolute Gasteiger partial charge is 0.365 e. The van der Waals surface area contributed by atoms with Crippen molar-refractivity contribution >= 4 is 7.69 Å². The number of hydrogen-bond donors (Lipinski definition) is 2. The average molecular weight is 276 g/mol. The van der Waals surface area contributed by atoms with Crippen LogP contribution in [0.25, 0.3) is 0 Å². The van der Waals surface area contributed by atoms with Crippen LogP contribution in [0.15, 0.2) is 18.2 Å². The van der Waals surface area contributed by atoms with Gasteiger partial charge in [-0.2, -0.15) is 0 Å². The molecule has 1 fully saturated rings. The van der Waals surface area contributed by atoms with Crippen LogP contribution in [-0.2, 0) is 6.42 Å². The highest BCUT2D eigenvalue weighted by Crippen LogP contribution is 2.34. The molecule has 3 N–H and O–H groups in total. The molecule has 0 spiro atoms. The van der Waals surface area contributed by atoms with Crippen LogP contribution in [0, 0.1) is 13.8 Å². The van der Waals surface area contributed by atoms with Crippen molar-refractivity contribution in [3.63, 3.8) is 0 Å². The minimum absolute atomic E-state index is 0.171. The first-order valence-electron chi connectivity index (χ1n) is 7.32. The van der Waals surface area contributed by atoms with Crippen LogP contribution in [0.1, 0.15) is 36.7 Å². The standard InChI is InChI=1S/C15H24BFN3/c1-4-5-7-15(18)10-14(15)19-8-6-13-11(2)9-12(3)20(13)16-17/h5,7,9,14,19H,4,6,8,10,18H2,1-3H3/b7-5-/t14-,15?/m1/s1. The van der Waals surface area contributed by atoms with Crippen LogP contribution in [0.5, 0.6) is 0 Å². The molecule has 1 unspecified atom stereocenters. The lowest BCUT2D eigenvalue weighted by Crippen LogP contribution is -2.33. The predicted molar refractivity (Wildman–Crippen MR) is 82.6 cm³/mol. The SMILES string of the molecule is CC/C=C\C1(N)C[C@H]1NCCc1c(C)cc(C)n1[B]F. The van der Waals surface area contributed by atoms with Crippen LogP contribution in [0.2, 0.25) is 0 Å². The zero-order valence-electron chi connectivity index (χ0n) is 12.6. The molecule has 0 saturated heterocycles. The summed E-state index contributed by atoms with van der Waals surface area (Å²) in [4.78, 5) is 0. The molecule has 1 heterocycles. The summed E-state index contributed by atoms with van der Waals surface area (Å²) in [5.41, 5.74) is 9.16. The Bertz CT molecular complexity index is 498. The van der Waals surface area contributed by atoms with Crippen LogP contribution in [0.4, 0.5) is 4.32 Å². The second kappa shape index (κ2) is 6.14. The summed E-state index contributed by atoms with van der Waals surface area (Å²) in [6, 6.07) is 2.37. The van der Waals surface area contributed by atoms with Gasteiger partial charge in [0.2, 0.25) is 0 Å². The maximum absolute atomic E-state index is 12.9. The predicted octanol–water partition coefficient (Wildman–Crippen LogP) is 2.02. The van der Waals surface area contributed by atoms with Gasteiger partial charge in [0.15, 0.2) is 0 Å². The number of nitrogens with one attached hydrogen (secondary N) is 1. The van der Waals surface area contributed by atoms with Crippen molar-refractivity contribution < 1.29 is 4.32 Å². The molecule has 0 amide bonds. The van der Waals surface area contributed by atoms with Gasteiger partial charge in [0.25, 0.3) is 0 Å². The third-order valence-electron chi connectivity index (χ3n) is 4.11. The van der Waals surface area contributed by atoms with E-state index in [4.69, 9.17) is 5.73 Å². The van der Waals surface area contributed by atoms with Crippen molar-refractivity contribution in [3.8, 4) is 0 Å². The Morgan fingerprint density at radius 3 is 3.00 bits per heavy atom. The maximum atomic E-state index is 12.9. The second-order valence-corrected chi connectivity index (χ2v) is 5.77. The third-order valence-corrected chi connectivity index (χ3v) is 4.11. The molecule has 1 saturated carbocycles. The van der Waals surface area contributed by atoms with Gasteiger partial charge in [-0.25, -0.2) is 0 Å². The second-order valence-electron chi connectivity index (χ2n) is 5.77. The molecule has 5 heteroatoms. The number of halogens is 1. The zero-order chi connectivity index (χ0) is 14.8. The van der Waals surface area contributed by atoms with Crippen LogP contribution in [0.3, 0.4) is 0 Å². The van der Waals surface area contributed by atoms with Gasteiger partial charge in [-0.05, 0) is 44.7 Å². The molecule has 1 aromatic heterocycles. The molecule has 1 aliphatic rings. The number of aromatic nitrogens is 1. The van der Waals surface area contributed by atoms with E-state index in [0.717, 1.165) is 42.8 Å². The van der Waals surface area contributed by atoms with Crippen LogP contribution < -0.4 is 11.1 Å². The number of allylic oxidation sites excluding steroid dienone is 1. The first kappa shape index (κ1) is 15.3. The van der Waals surface area contributed by atoms with Crippen molar-refractivity contribution in [1.29, 1.82) is 0 Å². The molecule has 2 rings (SSSR count). The lowest BCUT2D eigenvalue weighted by molar-refractivity contribution is 0.623. The molecule has 20 heavy (non-hydrogen) atoms. The summed E-state index contributed by atoms with van der Waals surface area (Å²) in [7, 11) is 0.645. The lowest BCUT2D eigenvalue weighted by atomic mass is 10.1. The quantitative estimate of drug-likeness (QED) is 0.591. The summed E-state index contributed by atoms with van der Waals surface area (Å²) in [6.07, 6.45) is 7.04. The van der Waals surface area contributed by atoms with Crippen molar-refractivity contribution in [2.75, 3.05) is 6.54 Å². The Labute approximate surface area is 121 Å². The summed E-state index contributed by atoms with van der Waals surface area (Å²) in [5, 5.41) is 3.47. The normalized spacial score (nSPS) is 25.4. The molecular formula is C15H24BFN3. The monoisotopic (exact) mass is 276 g/mol. The lowest BCUT2D eigenvalue weighted by Gasteiger charge is -2.10. The Kier molecular flexibility index (Phi) is 4.71. The van der Waals surface area contributed by atoms with E-state index in [0.29, 0.717) is 13.7 Å². The maximum Gasteiger partial charge on any atom is 0.495 e. The van der Waals surface area contributed by atoms with Gasteiger partial charge >= 0.3 is 7.69 Å². The fourth-order valence-corrected chi connectivity index (χ4v) is 2.77. The third kappa shape index (κ3) is 3.15. The van der Waals surface area contributed by atoms with Crippen LogP contribution >= 0.6 is 0 Å². The van der Waals surface area contributed by atoms with E-state index in [9.17, 15) is 4.32 Å². The largest absolute Gasteiger partial charge is 0.495 e. The van der Waals surface area contributed by atoms with Crippen molar-refractivity contribution in [3.05, 3.63) is 35.2 Å². The molecule has 109 valence electrons. The van der Waals surface area contributed by atoms with Gasteiger partial charge in [0.1, 0.15) is 0 Å². The number of aryl methyl sites for hydroxylation is 2. The molecule has 1 aromatic rings. The molecular weight excluding hydrogens is 252 g/mol. The van der Waals surface area contributed by atoms with Gasteiger partial charge < -0.3 is 19.8 Å². The zero-order valence-corrected chi connectivity index (χ0v) is 12.6. The Hall–Kier alpha value is -1.07. The highest BCUT2D eigenvalue weighted by Gasteiger charge is 2.48. The Morgan fingerprint density at radius 1 is 1.60 bits per heavy atom. The van der Waals surface area contributed by atoms with Crippen LogP contribution in [-0.4, -0.2) is 30.3 Å². The van der Waals surface area contributed by atoms with E-state index in [2.05, 4.69) is 24.4 Å². The highest BCUT2D eigenvalue weighted by molar-refractivity contribution is 6.24. The number of rotatable bonds is 7. The molecule has 0 aromatic carbocycles.